The lowest BCUT2D eigenvalue weighted by atomic mass is 9.93. The lowest BCUT2D eigenvalue weighted by Crippen LogP contribution is -2.34. The van der Waals surface area contributed by atoms with Crippen LogP contribution < -0.4 is 5.32 Å². The molecule has 6 nitrogen and oxygen atoms in total. The molecule has 110 valence electrons. The molecule has 0 aromatic carbocycles. The van der Waals surface area contributed by atoms with E-state index in [4.69, 9.17) is 9.47 Å². The predicted molar refractivity (Wildman–Crippen MR) is 78.6 cm³/mol. The Kier molecular flexibility index (Phi) is 3.66. The van der Waals surface area contributed by atoms with Crippen LogP contribution in [-0.2, 0) is 14.9 Å². The van der Waals surface area contributed by atoms with Crippen molar-refractivity contribution >= 4 is 21.4 Å². The second-order valence-corrected chi connectivity index (χ2v) is 6.92. The van der Waals surface area contributed by atoms with Crippen molar-refractivity contribution in [2.45, 2.75) is 32.3 Å². The van der Waals surface area contributed by atoms with Gasteiger partial charge in [-0.15, -0.1) is 5.10 Å². The van der Waals surface area contributed by atoms with E-state index in [1.54, 1.807) is 11.3 Å². The van der Waals surface area contributed by atoms with E-state index in [1.165, 1.54) is 0 Å². The van der Waals surface area contributed by atoms with Crippen LogP contribution in [0.3, 0.4) is 0 Å². The minimum atomic E-state index is 0.0499. The molecule has 3 rings (SSSR count). The van der Waals surface area contributed by atoms with Gasteiger partial charge in [-0.2, -0.15) is 0 Å². The molecule has 0 saturated carbocycles. The number of nitrogens with zero attached hydrogens (tertiary/aromatic N) is 3. The van der Waals surface area contributed by atoms with Crippen LogP contribution in [0.1, 0.15) is 26.5 Å². The summed E-state index contributed by atoms with van der Waals surface area (Å²) in [5.41, 5.74) is 1.11. The van der Waals surface area contributed by atoms with Gasteiger partial charge in [-0.05, 0) is 0 Å². The first-order chi connectivity index (χ1) is 9.52. The van der Waals surface area contributed by atoms with Gasteiger partial charge in [0.25, 0.3) is 0 Å². The van der Waals surface area contributed by atoms with E-state index in [-0.39, 0.29) is 11.5 Å². The molecule has 1 aliphatic heterocycles. The summed E-state index contributed by atoms with van der Waals surface area (Å²) < 4.78 is 12.8. The van der Waals surface area contributed by atoms with Gasteiger partial charge in [-0.1, -0.05) is 32.1 Å². The zero-order valence-electron chi connectivity index (χ0n) is 12.0. The molecule has 0 unspecified atom stereocenters. The van der Waals surface area contributed by atoms with Crippen molar-refractivity contribution in [2.75, 3.05) is 31.7 Å². The highest BCUT2D eigenvalue weighted by atomic mass is 32.1. The summed E-state index contributed by atoms with van der Waals surface area (Å²) in [6.07, 6.45) is 2.10. The van der Waals surface area contributed by atoms with Gasteiger partial charge in [0.1, 0.15) is 0 Å². The Bertz CT molecular complexity index is 549. The van der Waals surface area contributed by atoms with Crippen molar-refractivity contribution in [2.24, 2.45) is 0 Å². The Balaban J connectivity index is 1.66. The van der Waals surface area contributed by atoms with Crippen LogP contribution >= 0.6 is 11.3 Å². The minimum Gasteiger partial charge on any atom is -0.376 e. The highest BCUT2D eigenvalue weighted by Gasteiger charge is 2.20. The highest BCUT2D eigenvalue weighted by Crippen LogP contribution is 2.25. The SMILES string of the molecule is CC(C)(C)c1cn2nc(NC[C@H]3COCCO3)sc2n1. The maximum absolute atomic E-state index is 5.59. The fourth-order valence-corrected chi connectivity index (χ4v) is 2.78. The number of hydrogen-bond acceptors (Lipinski definition) is 6. The van der Waals surface area contributed by atoms with Crippen molar-refractivity contribution in [3.05, 3.63) is 11.9 Å². The fourth-order valence-electron chi connectivity index (χ4n) is 1.99. The molecule has 0 bridgehead atoms. The minimum absolute atomic E-state index is 0.0499. The second kappa shape index (κ2) is 5.31. The molecule has 3 heterocycles. The lowest BCUT2D eigenvalue weighted by Gasteiger charge is -2.22. The average Bonchev–Trinajstić information content (AvgIpc) is 2.95. The summed E-state index contributed by atoms with van der Waals surface area (Å²) in [7, 11) is 0. The topological polar surface area (TPSA) is 60.7 Å². The van der Waals surface area contributed by atoms with Crippen LogP contribution in [0.4, 0.5) is 5.13 Å². The number of aromatic nitrogens is 3. The van der Waals surface area contributed by atoms with Gasteiger partial charge in [0, 0.05) is 12.0 Å². The van der Waals surface area contributed by atoms with Crippen molar-refractivity contribution in [1.82, 2.24) is 14.6 Å². The van der Waals surface area contributed by atoms with E-state index in [0.29, 0.717) is 26.4 Å². The molecular weight excluding hydrogens is 276 g/mol. The lowest BCUT2D eigenvalue weighted by molar-refractivity contribution is -0.0818. The van der Waals surface area contributed by atoms with E-state index in [2.05, 4.69) is 36.2 Å². The zero-order chi connectivity index (χ0) is 14.2. The Morgan fingerprint density at radius 2 is 2.30 bits per heavy atom. The molecule has 1 atom stereocenters. The Morgan fingerprint density at radius 3 is 2.95 bits per heavy atom. The van der Waals surface area contributed by atoms with Crippen LogP contribution in [0.15, 0.2) is 6.20 Å². The molecule has 1 saturated heterocycles. The van der Waals surface area contributed by atoms with Crippen LogP contribution in [-0.4, -0.2) is 47.1 Å². The summed E-state index contributed by atoms with van der Waals surface area (Å²) in [6, 6.07) is 0. The Morgan fingerprint density at radius 1 is 1.45 bits per heavy atom. The van der Waals surface area contributed by atoms with E-state index in [0.717, 1.165) is 15.8 Å². The van der Waals surface area contributed by atoms with Gasteiger partial charge in [-0.3, -0.25) is 0 Å². The molecular formula is C13H20N4O2S. The van der Waals surface area contributed by atoms with Gasteiger partial charge in [0.2, 0.25) is 10.1 Å². The van der Waals surface area contributed by atoms with E-state index < -0.39 is 0 Å². The summed E-state index contributed by atoms with van der Waals surface area (Å²) in [6.45, 7) is 9.17. The van der Waals surface area contributed by atoms with Crippen LogP contribution in [0.25, 0.3) is 4.96 Å². The number of fused-ring (bicyclic) bond motifs is 1. The molecule has 2 aromatic rings. The third-order valence-electron chi connectivity index (χ3n) is 3.18. The summed E-state index contributed by atoms with van der Waals surface area (Å²) in [5.74, 6) is 0. The number of hydrogen-bond donors (Lipinski definition) is 1. The molecule has 0 radical (unpaired) electrons. The van der Waals surface area contributed by atoms with Crippen LogP contribution in [0.5, 0.6) is 0 Å². The van der Waals surface area contributed by atoms with Crippen molar-refractivity contribution in [3.63, 3.8) is 0 Å². The van der Waals surface area contributed by atoms with E-state index in [1.807, 2.05) is 10.7 Å². The molecule has 0 amide bonds. The number of nitrogens with one attached hydrogen (secondary N) is 1. The van der Waals surface area contributed by atoms with Gasteiger partial charge in [0.15, 0.2) is 0 Å². The summed E-state index contributed by atoms with van der Waals surface area (Å²) in [5, 5.41) is 8.65. The largest absolute Gasteiger partial charge is 0.376 e. The third-order valence-corrected chi connectivity index (χ3v) is 4.06. The number of rotatable bonds is 3. The number of ether oxygens (including phenoxy) is 2. The normalized spacial score (nSPS) is 20.4. The van der Waals surface area contributed by atoms with Crippen LogP contribution in [0.2, 0.25) is 0 Å². The molecule has 20 heavy (non-hydrogen) atoms. The average molecular weight is 296 g/mol. The van der Waals surface area contributed by atoms with Gasteiger partial charge in [-0.25, -0.2) is 9.50 Å². The smallest absolute Gasteiger partial charge is 0.214 e. The fraction of sp³-hybridized carbons (Fsp3) is 0.692. The number of anilines is 1. The quantitative estimate of drug-likeness (QED) is 0.937. The number of imidazole rings is 1. The van der Waals surface area contributed by atoms with Gasteiger partial charge in [0.05, 0.1) is 37.8 Å². The van der Waals surface area contributed by atoms with Crippen LogP contribution in [0, 0.1) is 0 Å². The molecule has 0 aliphatic carbocycles. The first-order valence-corrected chi connectivity index (χ1v) is 7.64. The first-order valence-electron chi connectivity index (χ1n) is 6.82. The van der Waals surface area contributed by atoms with E-state index >= 15 is 0 Å². The molecule has 2 aromatic heterocycles. The second-order valence-electron chi connectivity index (χ2n) is 5.96. The van der Waals surface area contributed by atoms with Gasteiger partial charge >= 0.3 is 0 Å². The van der Waals surface area contributed by atoms with Gasteiger partial charge < -0.3 is 14.8 Å². The maximum Gasteiger partial charge on any atom is 0.214 e. The zero-order valence-corrected chi connectivity index (χ0v) is 12.9. The molecule has 1 fully saturated rings. The Labute approximate surface area is 122 Å². The van der Waals surface area contributed by atoms with Crippen molar-refractivity contribution in [3.8, 4) is 0 Å². The molecule has 0 spiro atoms. The van der Waals surface area contributed by atoms with Crippen molar-refractivity contribution < 1.29 is 9.47 Å². The maximum atomic E-state index is 5.59. The predicted octanol–water partition coefficient (Wildman–Crippen LogP) is 1.92. The monoisotopic (exact) mass is 296 g/mol. The standard InChI is InChI=1S/C13H20N4O2S/c1-13(2,3)10-7-17-12(15-10)20-11(16-17)14-6-9-8-18-4-5-19-9/h7,9H,4-6,8H2,1-3H3,(H,14,16)/t9-/m0/s1. The highest BCUT2D eigenvalue weighted by molar-refractivity contribution is 7.20. The summed E-state index contributed by atoms with van der Waals surface area (Å²) in [4.78, 5) is 5.54. The molecule has 1 N–H and O–H groups in total. The molecule has 1 aliphatic rings. The third kappa shape index (κ3) is 2.94. The Hall–Kier alpha value is -1.18. The van der Waals surface area contributed by atoms with E-state index in [9.17, 15) is 0 Å². The van der Waals surface area contributed by atoms with Crippen molar-refractivity contribution in [1.29, 1.82) is 0 Å². The first kappa shape index (κ1) is 13.8. The molecule has 7 heteroatoms. The summed E-state index contributed by atoms with van der Waals surface area (Å²) >= 11 is 1.56.